The summed E-state index contributed by atoms with van der Waals surface area (Å²) in [7, 11) is 0. The van der Waals surface area contributed by atoms with Gasteiger partial charge in [-0.05, 0) is 30.7 Å². The SMILES string of the molecule is CCN1CCN(C(=O)CN(CCc2ccc(Cl)cc2Cl)C(C)=O)CC1. The van der Waals surface area contributed by atoms with Crippen LogP contribution in [0.4, 0.5) is 0 Å². The maximum absolute atomic E-state index is 12.5. The number of hydrogen-bond donors (Lipinski definition) is 0. The lowest BCUT2D eigenvalue weighted by Crippen LogP contribution is -2.51. The van der Waals surface area contributed by atoms with Crippen LogP contribution >= 0.6 is 23.2 Å². The molecule has 1 aliphatic rings. The molecule has 2 rings (SSSR count). The number of piperazine rings is 1. The standard InChI is InChI=1S/C18H25Cl2N3O2/c1-3-21-8-10-22(11-9-21)18(25)13-23(14(2)24)7-6-15-4-5-16(19)12-17(15)20/h4-5,12H,3,6-11,13H2,1-2H3. The number of likely N-dealkylation sites (N-methyl/N-ethyl adjacent to an activating group) is 1. The van der Waals surface area contributed by atoms with E-state index < -0.39 is 0 Å². The average molecular weight is 386 g/mol. The topological polar surface area (TPSA) is 43.9 Å². The quantitative estimate of drug-likeness (QED) is 0.755. The molecule has 2 amide bonds. The number of amides is 2. The van der Waals surface area contributed by atoms with Gasteiger partial charge >= 0.3 is 0 Å². The third-order valence-electron chi connectivity index (χ3n) is 4.61. The third-order valence-corrected chi connectivity index (χ3v) is 5.20. The number of benzene rings is 1. The molecule has 1 aromatic carbocycles. The van der Waals surface area contributed by atoms with Crippen LogP contribution in [0.1, 0.15) is 19.4 Å². The molecule has 1 fully saturated rings. The van der Waals surface area contributed by atoms with Gasteiger partial charge in [-0.1, -0.05) is 36.2 Å². The van der Waals surface area contributed by atoms with E-state index in [1.807, 2.05) is 11.0 Å². The van der Waals surface area contributed by atoms with E-state index in [2.05, 4.69) is 11.8 Å². The highest BCUT2D eigenvalue weighted by molar-refractivity contribution is 6.35. The Balaban J connectivity index is 1.90. The van der Waals surface area contributed by atoms with Gasteiger partial charge in [-0.2, -0.15) is 0 Å². The van der Waals surface area contributed by atoms with Crippen LogP contribution in [0.2, 0.25) is 10.0 Å². The van der Waals surface area contributed by atoms with E-state index in [1.54, 1.807) is 17.0 Å². The first-order chi connectivity index (χ1) is 11.9. The first kappa shape index (κ1) is 20.0. The zero-order valence-corrected chi connectivity index (χ0v) is 16.3. The van der Waals surface area contributed by atoms with E-state index in [1.165, 1.54) is 6.92 Å². The van der Waals surface area contributed by atoms with E-state index in [4.69, 9.17) is 23.2 Å². The summed E-state index contributed by atoms with van der Waals surface area (Å²) in [5.41, 5.74) is 0.918. The van der Waals surface area contributed by atoms with Gasteiger partial charge in [-0.15, -0.1) is 0 Å². The lowest BCUT2D eigenvalue weighted by Gasteiger charge is -2.35. The Labute approximate surface area is 159 Å². The molecule has 138 valence electrons. The molecule has 0 saturated carbocycles. The van der Waals surface area contributed by atoms with Crippen molar-refractivity contribution in [1.29, 1.82) is 0 Å². The van der Waals surface area contributed by atoms with Gasteiger partial charge in [0.25, 0.3) is 0 Å². The van der Waals surface area contributed by atoms with E-state index in [0.29, 0.717) is 23.0 Å². The van der Waals surface area contributed by atoms with Gasteiger partial charge in [0.1, 0.15) is 0 Å². The van der Waals surface area contributed by atoms with Crippen molar-refractivity contribution in [3.8, 4) is 0 Å². The molecule has 0 aromatic heterocycles. The minimum atomic E-state index is -0.106. The number of nitrogens with zero attached hydrogens (tertiary/aromatic N) is 3. The van der Waals surface area contributed by atoms with Crippen molar-refractivity contribution in [1.82, 2.24) is 14.7 Å². The first-order valence-corrected chi connectivity index (χ1v) is 9.36. The molecular formula is C18H25Cl2N3O2. The van der Waals surface area contributed by atoms with E-state index in [9.17, 15) is 9.59 Å². The van der Waals surface area contributed by atoms with Crippen LogP contribution in [0.3, 0.4) is 0 Å². The summed E-state index contributed by atoms with van der Waals surface area (Å²) in [6.45, 7) is 8.42. The third kappa shape index (κ3) is 5.87. The fourth-order valence-corrected chi connectivity index (χ4v) is 3.41. The van der Waals surface area contributed by atoms with Crippen LogP contribution in [0.15, 0.2) is 18.2 Å². The second kappa shape index (κ2) is 9.41. The highest BCUT2D eigenvalue weighted by atomic mass is 35.5. The molecule has 0 aliphatic carbocycles. The molecule has 0 bridgehead atoms. The molecule has 0 atom stereocenters. The molecule has 0 N–H and O–H groups in total. The molecule has 0 radical (unpaired) electrons. The Hall–Kier alpha value is -1.30. The number of carbonyl (C=O) groups is 2. The van der Waals surface area contributed by atoms with Crippen molar-refractivity contribution in [2.45, 2.75) is 20.3 Å². The highest BCUT2D eigenvalue weighted by Gasteiger charge is 2.23. The molecular weight excluding hydrogens is 361 g/mol. The average Bonchev–Trinajstić information content (AvgIpc) is 2.59. The minimum Gasteiger partial charge on any atom is -0.339 e. The summed E-state index contributed by atoms with van der Waals surface area (Å²) in [5.74, 6) is -0.0983. The van der Waals surface area contributed by atoms with Gasteiger partial charge in [-0.3, -0.25) is 9.59 Å². The number of carbonyl (C=O) groups excluding carboxylic acids is 2. The van der Waals surface area contributed by atoms with E-state index in [0.717, 1.165) is 38.3 Å². The fraction of sp³-hybridized carbons (Fsp3) is 0.556. The lowest BCUT2D eigenvalue weighted by atomic mass is 10.1. The van der Waals surface area contributed by atoms with Crippen molar-refractivity contribution in [2.24, 2.45) is 0 Å². The molecule has 1 saturated heterocycles. The van der Waals surface area contributed by atoms with Gasteiger partial charge in [0.05, 0.1) is 6.54 Å². The maximum Gasteiger partial charge on any atom is 0.242 e. The van der Waals surface area contributed by atoms with Gasteiger partial charge in [0, 0.05) is 49.7 Å². The molecule has 1 aliphatic heterocycles. The van der Waals surface area contributed by atoms with Crippen molar-refractivity contribution in [3.63, 3.8) is 0 Å². The van der Waals surface area contributed by atoms with E-state index in [-0.39, 0.29) is 18.4 Å². The first-order valence-electron chi connectivity index (χ1n) is 8.60. The smallest absolute Gasteiger partial charge is 0.242 e. The van der Waals surface area contributed by atoms with Crippen LogP contribution in [-0.2, 0) is 16.0 Å². The number of rotatable bonds is 6. The van der Waals surface area contributed by atoms with Crippen LogP contribution < -0.4 is 0 Å². The molecule has 5 nitrogen and oxygen atoms in total. The monoisotopic (exact) mass is 385 g/mol. The highest BCUT2D eigenvalue weighted by Crippen LogP contribution is 2.21. The molecule has 0 spiro atoms. The van der Waals surface area contributed by atoms with Gasteiger partial charge < -0.3 is 14.7 Å². The second-order valence-corrected chi connectivity index (χ2v) is 7.08. The molecule has 1 heterocycles. The summed E-state index contributed by atoms with van der Waals surface area (Å²) in [4.78, 5) is 30.2. The Bertz CT molecular complexity index is 616. The van der Waals surface area contributed by atoms with Gasteiger partial charge in [-0.25, -0.2) is 0 Å². The summed E-state index contributed by atoms with van der Waals surface area (Å²) < 4.78 is 0. The Morgan fingerprint density at radius 1 is 1.16 bits per heavy atom. The Kier molecular flexibility index (Phi) is 7.54. The van der Waals surface area contributed by atoms with Crippen molar-refractivity contribution in [2.75, 3.05) is 45.8 Å². The minimum absolute atomic E-state index is 0.00755. The van der Waals surface area contributed by atoms with Crippen LogP contribution in [0.5, 0.6) is 0 Å². The van der Waals surface area contributed by atoms with Crippen molar-refractivity contribution < 1.29 is 9.59 Å². The van der Waals surface area contributed by atoms with Crippen LogP contribution in [-0.4, -0.2) is 72.3 Å². The normalized spacial score (nSPS) is 15.3. The van der Waals surface area contributed by atoms with Gasteiger partial charge in [0.15, 0.2) is 0 Å². The predicted molar refractivity (Wildman–Crippen MR) is 101 cm³/mol. The van der Waals surface area contributed by atoms with Crippen molar-refractivity contribution >= 4 is 35.0 Å². The molecule has 0 unspecified atom stereocenters. The largest absolute Gasteiger partial charge is 0.339 e. The fourth-order valence-electron chi connectivity index (χ4n) is 2.90. The predicted octanol–water partition coefficient (Wildman–Crippen LogP) is 2.55. The Morgan fingerprint density at radius 2 is 1.84 bits per heavy atom. The Morgan fingerprint density at radius 3 is 2.40 bits per heavy atom. The zero-order valence-electron chi connectivity index (χ0n) is 14.8. The summed E-state index contributed by atoms with van der Waals surface area (Å²) in [5, 5.41) is 1.16. The lowest BCUT2D eigenvalue weighted by molar-refractivity contribution is -0.140. The molecule has 1 aromatic rings. The zero-order chi connectivity index (χ0) is 18.4. The summed E-state index contributed by atoms with van der Waals surface area (Å²) in [6.07, 6.45) is 0.590. The summed E-state index contributed by atoms with van der Waals surface area (Å²) in [6, 6.07) is 5.32. The number of halogens is 2. The van der Waals surface area contributed by atoms with Crippen LogP contribution in [0, 0.1) is 0 Å². The van der Waals surface area contributed by atoms with Crippen LogP contribution in [0.25, 0.3) is 0 Å². The molecule has 7 heteroatoms. The maximum atomic E-state index is 12.5. The number of hydrogen-bond acceptors (Lipinski definition) is 3. The van der Waals surface area contributed by atoms with E-state index >= 15 is 0 Å². The van der Waals surface area contributed by atoms with Crippen molar-refractivity contribution in [3.05, 3.63) is 33.8 Å². The molecule has 25 heavy (non-hydrogen) atoms. The summed E-state index contributed by atoms with van der Waals surface area (Å²) >= 11 is 12.1. The second-order valence-electron chi connectivity index (χ2n) is 6.24. The van der Waals surface area contributed by atoms with Gasteiger partial charge in [0.2, 0.25) is 11.8 Å².